The summed E-state index contributed by atoms with van der Waals surface area (Å²) < 4.78 is 4.68. The predicted molar refractivity (Wildman–Crippen MR) is 84.9 cm³/mol. The number of carbonyl (C=O) groups excluding carboxylic acids is 3. The van der Waals surface area contributed by atoms with Crippen LogP contribution >= 0.6 is 0 Å². The zero-order valence-electron chi connectivity index (χ0n) is 13.9. The number of methoxy groups -OCH3 is 1. The molecule has 0 aromatic heterocycles. The number of nitrogens with one attached hydrogen (secondary N) is 2. The minimum Gasteiger partial charge on any atom is -0.483 e. The molecule has 1 aliphatic rings. The minimum atomic E-state index is -0.399. The van der Waals surface area contributed by atoms with Gasteiger partial charge in [-0.2, -0.15) is 0 Å². The monoisotopic (exact) mass is 326 g/mol. The van der Waals surface area contributed by atoms with Gasteiger partial charge in [-0.05, 0) is 32.7 Å². The average molecular weight is 326 g/mol. The van der Waals surface area contributed by atoms with E-state index in [0.717, 1.165) is 12.5 Å². The molecule has 23 heavy (non-hydrogen) atoms. The van der Waals surface area contributed by atoms with E-state index in [1.807, 2.05) is 7.05 Å². The molecular weight excluding hydrogens is 300 g/mol. The third-order valence-electron chi connectivity index (χ3n) is 4.46. The maximum Gasteiger partial charge on any atom is 0.223 e. The lowest BCUT2D eigenvalue weighted by molar-refractivity contribution is -0.131. The van der Waals surface area contributed by atoms with E-state index in [-0.39, 0.29) is 30.0 Å². The van der Waals surface area contributed by atoms with Gasteiger partial charge in [0, 0.05) is 19.0 Å². The van der Waals surface area contributed by atoms with Crippen molar-refractivity contribution in [2.45, 2.75) is 31.3 Å². The fraction of sp³-hybridized carbons (Fsp3) is 0.667. The van der Waals surface area contributed by atoms with E-state index in [4.69, 9.17) is 5.73 Å². The van der Waals surface area contributed by atoms with Gasteiger partial charge < -0.3 is 20.7 Å². The Hall–Kier alpha value is -2.09. The van der Waals surface area contributed by atoms with Crippen LogP contribution in [0.4, 0.5) is 0 Å². The zero-order chi connectivity index (χ0) is 17.5. The van der Waals surface area contributed by atoms with Gasteiger partial charge in [0.15, 0.2) is 11.7 Å². The molecule has 0 saturated heterocycles. The van der Waals surface area contributed by atoms with Crippen molar-refractivity contribution in [3.63, 3.8) is 0 Å². The summed E-state index contributed by atoms with van der Waals surface area (Å²) in [5, 5.41) is 5.80. The van der Waals surface area contributed by atoms with Gasteiger partial charge in [0.05, 0.1) is 19.3 Å². The van der Waals surface area contributed by atoms with Crippen molar-refractivity contribution in [3.05, 3.63) is 12.0 Å². The Bertz CT molecular complexity index is 470. The third-order valence-corrected chi connectivity index (χ3v) is 4.46. The van der Waals surface area contributed by atoms with Crippen LogP contribution < -0.4 is 16.4 Å². The van der Waals surface area contributed by atoms with E-state index in [1.54, 1.807) is 11.9 Å². The lowest BCUT2D eigenvalue weighted by Crippen LogP contribution is -2.58. The molecule has 1 fully saturated rings. The molecule has 1 saturated carbocycles. The molecule has 8 heteroatoms. The summed E-state index contributed by atoms with van der Waals surface area (Å²) in [6.45, 7) is -0.106. The van der Waals surface area contributed by atoms with Gasteiger partial charge in [-0.25, -0.2) is 0 Å². The Kier molecular flexibility index (Phi) is 7.02. The highest BCUT2D eigenvalue weighted by Gasteiger charge is 2.38. The molecule has 130 valence electrons. The first-order chi connectivity index (χ1) is 10.9. The fourth-order valence-electron chi connectivity index (χ4n) is 2.82. The number of ketones is 1. The number of nitrogens with zero attached hydrogens (tertiary/aromatic N) is 1. The molecule has 0 aromatic rings. The SMILES string of the molecule is CNC1(N(C)C=O)CCC(C(=O)NCC(=O)C=C(N)OC)CC1. The summed E-state index contributed by atoms with van der Waals surface area (Å²) in [7, 11) is 4.91. The van der Waals surface area contributed by atoms with Gasteiger partial charge in [0.25, 0.3) is 0 Å². The molecule has 0 heterocycles. The van der Waals surface area contributed by atoms with E-state index >= 15 is 0 Å². The van der Waals surface area contributed by atoms with Crippen LogP contribution in [0.2, 0.25) is 0 Å². The highest BCUT2D eigenvalue weighted by molar-refractivity contribution is 5.94. The second-order valence-electron chi connectivity index (χ2n) is 5.71. The number of carbonyl (C=O) groups is 3. The van der Waals surface area contributed by atoms with E-state index in [0.29, 0.717) is 25.7 Å². The largest absolute Gasteiger partial charge is 0.483 e. The summed E-state index contributed by atoms with van der Waals surface area (Å²) in [4.78, 5) is 36.3. The van der Waals surface area contributed by atoms with Crippen LogP contribution in [-0.4, -0.2) is 56.4 Å². The first-order valence-electron chi connectivity index (χ1n) is 7.57. The number of ether oxygens (including phenoxy) is 1. The predicted octanol–water partition coefficient (Wildman–Crippen LogP) is -0.688. The normalized spacial score (nSPS) is 24.7. The first-order valence-corrected chi connectivity index (χ1v) is 7.57. The molecule has 4 N–H and O–H groups in total. The highest BCUT2D eigenvalue weighted by atomic mass is 16.5. The van der Waals surface area contributed by atoms with Crippen molar-refractivity contribution in [1.82, 2.24) is 15.5 Å². The van der Waals surface area contributed by atoms with E-state index in [9.17, 15) is 14.4 Å². The molecule has 0 atom stereocenters. The van der Waals surface area contributed by atoms with Gasteiger partial charge in [-0.3, -0.25) is 19.7 Å². The highest BCUT2D eigenvalue weighted by Crippen LogP contribution is 2.33. The van der Waals surface area contributed by atoms with Crippen LogP contribution in [0.5, 0.6) is 0 Å². The van der Waals surface area contributed by atoms with Crippen LogP contribution in [0.1, 0.15) is 25.7 Å². The van der Waals surface area contributed by atoms with Crippen molar-refractivity contribution in [2.75, 3.05) is 27.7 Å². The van der Waals surface area contributed by atoms with Crippen LogP contribution in [0.15, 0.2) is 12.0 Å². The fourth-order valence-corrected chi connectivity index (χ4v) is 2.82. The maximum absolute atomic E-state index is 12.1. The quantitative estimate of drug-likeness (QED) is 0.235. The van der Waals surface area contributed by atoms with Gasteiger partial charge in [-0.1, -0.05) is 0 Å². The minimum absolute atomic E-state index is 0.0117. The second kappa shape index (κ2) is 8.52. The lowest BCUT2D eigenvalue weighted by atomic mass is 9.80. The van der Waals surface area contributed by atoms with Crippen molar-refractivity contribution < 1.29 is 19.1 Å². The average Bonchev–Trinajstić information content (AvgIpc) is 2.58. The first kappa shape index (κ1) is 19.0. The van der Waals surface area contributed by atoms with Gasteiger partial charge in [0.2, 0.25) is 12.3 Å². The lowest BCUT2D eigenvalue weighted by Gasteiger charge is -2.44. The smallest absolute Gasteiger partial charge is 0.223 e. The van der Waals surface area contributed by atoms with Gasteiger partial charge in [-0.15, -0.1) is 0 Å². The van der Waals surface area contributed by atoms with E-state index in [1.165, 1.54) is 7.11 Å². The Morgan fingerprint density at radius 3 is 2.48 bits per heavy atom. The van der Waals surface area contributed by atoms with Crippen molar-refractivity contribution in [3.8, 4) is 0 Å². The van der Waals surface area contributed by atoms with Crippen molar-refractivity contribution in [2.24, 2.45) is 11.7 Å². The molecule has 0 bridgehead atoms. The molecular formula is C15H26N4O4. The number of amides is 2. The summed E-state index contributed by atoms with van der Waals surface area (Å²) in [5.74, 6) is -0.620. The van der Waals surface area contributed by atoms with Crippen LogP contribution in [0.25, 0.3) is 0 Å². The molecule has 0 spiro atoms. The Balaban J connectivity index is 2.49. The molecule has 1 rings (SSSR count). The molecule has 1 aliphatic carbocycles. The maximum atomic E-state index is 12.1. The van der Waals surface area contributed by atoms with Crippen molar-refractivity contribution >= 4 is 18.1 Å². The summed E-state index contributed by atoms with van der Waals surface area (Å²) in [5.41, 5.74) is 4.98. The van der Waals surface area contributed by atoms with Gasteiger partial charge in [0.1, 0.15) is 0 Å². The standard InChI is InChI=1S/C15H26N4O4/c1-17-15(19(2)10-20)6-4-11(5-7-15)14(22)18-9-12(21)8-13(16)23-3/h8,10-11,17H,4-7,9,16H2,1-3H3,(H,18,22). The van der Waals surface area contributed by atoms with Crippen LogP contribution in [0.3, 0.4) is 0 Å². The third kappa shape index (κ3) is 4.95. The molecule has 0 unspecified atom stereocenters. The zero-order valence-corrected chi connectivity index (χ0v) is 13.9. The second-order valence-corrected chi connectivity index (χ2v) is 5.71. The van der Waals surface area contributed by atoms with E-state index < -0.39 is 5.66 Å². The molecule has 2 amide bonds. The number of nitrogens with two attached hydrogens (primary N) is 1. The topological polar surface area (TPSA) is 114 Å². The Morgan fingerprint density at radius 2 is 2.00 bits per heavy atom. The molecule has 8 nitrogen and oxygen atoms in total. The summed E-state index contributed by atoms with van der Waals surface area (Å²) in [6.07, 6.45) is 4.60. The molecule has 0 aliphatic heterocycles. The number of rotatable bonds is 8. The molecule has 0 aromatic carbocycles. The Labute approximate surface area is 136 Å². The molecule has 0 radical (unpaired) electrons. The van der Waals surface area contributed by atoms with Crippen LogP contribution in [-0.2, 0) is 19.1 Å². The van der Waals surface area contributed by atoms with E-state index in [2.05, 4.69) is 15.4 Å². The van der Waals surface area contributed by atoms with Crippen LogP contribution in [0, 0.1) is 5.92 Å². The Morgan fingerprint density at radius 1 is 1.39 bits per heavy atom. The summed E-state index contributed by atoms with van der Waals surface area (Å²) >= 11 is 0. The summed E-state index contributed by atoms with van der Waals surface area (Å²) in [6, 6.07) is 0. The van der Waals surface area contributed by atoms with Crippen molar-refractivity contribution in [1.29, 1.82) is 0 Å². The number of hydrogen-bond donors (Lipinski definition) is 3. The van der Waals surface area contributed by atoms with Gasteiger partial charge >= 0.3 is 0 Å². The number of hydrogen-bond acceptors (Lipinski definition) is 6.